The van der Waals surface area contributed by atoms with Crippen molar-refractivity contribution in [2.45, 2.75) is 39.0 Å². The number of rotatable bonds is 7. The van der Waals surface area contributed by atoms with Crippen molar-refractivity contribution in [2.75, 3.05) is 13.1 Å². The first kappa shape index (κ1) is 25.5. The first-order chi connectivity index (χ1) is 20.0. The summed E-state index contributed by atoms with van der Waals surface area (Å²) in [7, 11) is 0. The van der Waals surface area contributed by atoms with E-state index in [9.17, 15) is 15.0 Å². The van der Waals surface area contributed by atoms with Gasteiger partial charge in [0.1, 0.15) is 11.9 Å². The smallest absolute Gasteiger partial charge is 0.337 e. The van der Waals surface area contributed by atoms with E-state index in [2.05, 4.69) is 45.2 Å². The maximum atomic E-state index is 12.7. The first-order valence-corrected chi connectivity index (χ1v) is 14.2. The average molecular weight is 545 g/mol. The molecule has 1 fully saturated rings. The highest BCUT2D eigenvalue weighted by molar-refractivity contribution is 6.09. The Kier molecular flexibility index (Phi) is 6.33. The summed E-state index contributed by atoms with van der Waals surface area (Å²) >= 11 is 0. The lowest BCUT2D eigenvalue weighted by molar-refractivity contribution is 0.0363. The van der Waals surface area contributed by atoms with E-state index in [1.807, 2.05) is 60.8 Å². The summed E-state index contributed by atoms with van der Waals surface area (Å²) in [5.74, 6) is -0.962. The number of likely N-dealkylation sites (tertiary alicyclic amines) is 1. The Balaban J connectivity index is 1.38. The SMILES string of the molecule is Cc1cccc2c1c(Cc1c(-c3ccc4ccccc4c3C(=O)O)nc3ccccn13)cn2CCN1CCCC1O. The molecule has 0 amide bonds. The number of fused-ring (bicyclic) bond motifs is 3. The van der Waals surface area contributed by atoms with Crippen molar-refractivity contribution in [3.8, 4) is 11.3 Å². The van der Waals surface area contributed by atoms with Crippen molar-refractivity contribution in [1.29, 1.82) is 0 Å². The molecule has 0 aliphatic carbocycles. The summed E-state index contributed by atoms with van der Waals surface area (Å²) in [5, 5.41) is 23.5. The molecule has 0 saturated carbocycles. The minimum atomic E-state index is -0.962. The molecule has 1 aliphatic heterocycles. The van der Waals surface area contributed by atoms with Gasteiger partial charge in [-0.05, 0) is 59.9 Å². The van der Waals surface area contributed by atoms with Gasteiger partial charge >= 0.3 is 5.97 Å². The number of hydrogen-bond donors (Lipinski definition) is 2. The number of aromatic nitrogens is 3. The van der Waals surface area contributed by atoms with Crippen molar-refractivity contribution in [2.24, 2.45) is 0 Å². The third-order valence-electron chi connectivity index (χ3n) is 8.54. The number of aliphatic hydroxyl groups excluding tert-OH is 1. The molecule has 6 aromatic rings. The van der Waals surface area contributed by atoms with E-state index in [1.165, 1.54) is 22.0 Å². The number of nitrogens with zero attached hydrogens (tertiary/aromatic N) is 4. The highest BCUT2D eigenvalue weighted by Crippen LogP contribution is 2.35. The number of aryl methyl sites for hydroxylation is 1. The molecule has 1 unspecified atom stereocenters. The van der Waals surface area contributed by atoms with Crippen LogP contribution in [0.15, 0.2) is 85.2 Å². The highest BCUT2D eigenvalue weighted by atomic mass is 16.4. The van der Waals surface area contributed by atoms with Crippen LogP contribution in [0.4, 0.5) is 0 Å². The van der Waals surface area contributed by atoms with Gasteiger partial charge in [0.05, 0.1) is 17.0 Å². The molecule has 1 saturated heterocycles. The van der Waals surface area contributed by atoms with Gasteiger partial charge in [-0.1, -0.05) is 54.6 Å². The van der Waals surface area contributed by atoms with Crippen molar-refractivity contribution in [3.63, 3.8) is 0 Å². The van der Waals surface area contributed by atoms with Gasteiger partial charge in [0, 0.05) is 54.9 Å². The van der Waals surface area contributed by atoms with Gasteiger partial charge in [0.15, 0.2) is 0 Å². The summed E-state index contributed by atoms with van der Waals surface area (Å²) < 4.78 is 4.38. The molecule has 1 atom stereocenters. The van der Waals surface area contributed by atoms with Gasteiger partial charge in [0.25, 0.3) is 0 Å². The number of aliphatic hydroxyl groups is 1. The monoisotopic (exact) mass is 544 g/mol. The predicted octanol–water partition coefficient (Wildman–Crippen LogP) is 6.12. The molecule has 0 radical (unpaired) electrons. The standard InChI is InChI=1S/C34H32N4O3/c1-22-8-6-11-27-31(22)24(21-37(27)19-18-36-16-7-13-30(36)39)20-28-33(35-29-12-4-5-17-38(28)29)26-15-14-23-9-2-3-10-25(23)32(26)34(40)41/h2-6,8-12,14-15,17,21,30,39H,7,13,16,18-20H2,1H3,(H,40,41). The summed E-state index contributed by atoms with van der Waals surface area (Å²) in [6.07, 6.45) is 6.33. The van der Waals surface area contributed by atoms with E-state index in [-0.39, 0.29) is 11.8 Å². The molecule has 7 heteroatoms. The molecule has 1 aliphatic rings. The molecule has 3 aromatic carbocycles. The molecule has 0 spiro atoms. The number of carbonyl (C=O) groups is 1. The molecule has 206 valence electrons. The first-order valence-electron chi connectivity index (χ1n) is 14.2. The van der Waals surface area contributed by atoms with Gasteiger partial charge in [-0.15, -0.1) is 0 Å². The summed E-state index contributed by atoms with van der Waals surface area (Å²) in [5.41, 5.74) is 6.86. The lowest BCUT2D eigenvalue weighted by atomic mass is 9.94. The predicted molar refractivity (Wildman–Crippen MR) is 161 cm³/mol. The molecule has 7 nitrogen and oxygen atoms in total. The second kappa shape index (κ2) is 10.2. The number of imidazole rings is 1. The summed E-state index contributed by atoms with van der Waals surface area (Å²) in [6, 6.07) is 23.8. The number of carboxylic acid groups (broad SMARTS) is 1. The molecular formula is C34H32N4O3. The van der Waals surface area contributed by atoms with Gasteiger partial charge in [-0.25, -0.2) is 9.78 Å². The normalized spacial score (nSPS) is 15.9. The summed E-state index contributed by atoms with van der Waals surface area (Å²) in [6.45, 7) is 4.64. The average Bonchev–Trinajstić information content (AvgIpc) is 3.67. The molecule has 41 heavy (non-hydrogen) atoms. The van der Waals surface area contributed by atoms with Crippen molar-refractivity contribution < 1.29 is 15.0 Å². The molecule has 3 aromatic heterocycles. The quantitative estimate of drug-likeness (QED) is 0.253. The van der Waals surface area contributed by atoms with Crippen LogP contribution in [0.5, 0.6) is 0 Å². The number of carboxylic acids is 1. The van der Waals surface area contributed by atoms with E-state index >= 15 is 0 Å². The second-order valence-electron chi connectivity index (χ2n) is 11.0. The van der Waals surface area contributed by atoms with E-state index in [0.717, 1.165) is 49.2 Å². The Morgan fingerprint density at radius 2 is 1.85 bits per heavy atom. The zero-order valence-electron chi connectivity index (χ0n) is 23.0. The highest BCUT2D eigenvalue weighted by Gasteiger charge is 2.24. The Bertz CT molecular complexity index is 1940. The van der Waals surface area contributed by atoms with Crippen LogP contribution >= 0.6 is 0 Å². The molecule has 4 heterocycles. The van der Waals surface area contributed by atoms with E-state index in [1.54, 1.807) is 0 Å². The van der Waals surface area contributed by atoms with Crippen LogP contribution in [0.3, 0.4) is 0 Å². The fraction of sp³-hybridized carbons (Fsp3) is 0.235. The Hall–Kier alpha value is -4.46. The molecular weight excluding hydrogens is 512 g/mol. The molecule has 0 bridgehead atoms. The number of benzene rings is 3. The van der Waals surface area contributed by atoms with Crippen LogP contribution < -0.4 is 0 Å². The van der Waals surface area contributed by atoms with Crippen molar-refractivity contribution >= 4 is 33.3 Å². The fourth-order valence-corrected chi connectivity index (χ4v) is 6.57. The van der Waals surface area contributed by atoms with Crippen LogP contribution in [0.1, 0.15) is 40.0 Å². The molecule has 2 N–H and O–H groups in total. The largest absolute Gasteiger partial charge is 0.478 e. The van der Waals surface area contributed by atoms with E-state index in [4.69, 9.17) is 4.98 Å². The van der Waals surface area contributed by atoms with Gasteiger partial charge in [-0.2, -0.15) is 0 Å². The minimum Gasteiger partial charge on any atom is -0.478 e. The fourth-order valence-electron chi connectivity index (χ4n) is 6.57. The van der Waals surface area contributed by atoms with Crippen LogP contribution in [0, 0.1) is 6.92 Å². The Morgan fingerprint density at radius 1 is 1.00 bits per heavy atom. The number of aromatic carboxylic acids is 1. The van der Waals surface area contributed by atoms with Crippen molar-refractivity contribution in [3.05, 3.63) is 108 Å². The lowest BCUT2D eigenvalue weighted by Gasteiger charge is -2.20. The minimum absolute atomic E-state index is 0.274. The maximum absolute atomic E-state index is 12.7. The Morgan fingerprint density at radius 3 is 2.68 bits per heavy atom. The van der Waals surface area contributed by atoms with Gasteiger partial charge in [0.2, 0.25) is 0 Å². The Labute approximate surface area is 237 Å². The second-order valence-corrected chi connectivity index (χ2v) is 11.0. The van der Waals surface area contributed by atoms with Crippen molar-refractivity contribution in [1.82, 2.24) is 18.9 Å². The zero-order valence-corrected chi connectivity index (χ0v) is 23.0. The molecule has 7 rings (SSSR count). The lowest BCUT2D eigenvalue weighted by Crippen LogP contribution is -2.31. The number of hydrogen-bond acceptors (Lipinski definition) is 4. The third kappa shape index (κ3) is 4.38. The van der Waals surface area contributed by atoms with Crippen LogP contribution in [-0.2, 0) is 13.0 Å². The number of pyridine rings is 1. The zero-order chi connectivity index (χ0) is 28.1. The maximum Gasteiger partial charge on any atom is 0.337 e. The summed E-state index contributed by atoms with van der Waals surface area (Å²) in [4.78, 5) is 19.8. The third-order valence-corrected chi connectivity index (χ3v) is 8.54. The topological polar surface area (TPSA) is 83.0 Å². The van der Waals surface area contributed by atoms with Gasteiger partial charge < -0.3 is 19.2 Å². The van der Waals surface area contributed by atoms with E-state index in [0.29, 0.717) is 23.1 Å². The van der Waals surface area contributed by atoms with Crippen LogP contribution in [0.25, 0.3) is 38.6 Å². The van der Waals surface area contributed by atoms with Crippen LogP contribution in [-0.4, -0.2) is 54.4 Å². The van der Waals surface area contributed by atoms with E-state index < -0.39 is 5.97 Å². The van der Waals surface area contributed by atoms with Gasteiger partial charge in [-0.3, -0.25) is 4.90 Å². The van der Waals surface area contributed by atoms with Crippen LogP contribution in [0.2, 0.25) is 0 Å².